The van der Waals surface area contributed by atoms with Gasteiger partial charge in [0.2, 0.25) is 0 Å². The van der Waals surface area contributed by atoms with E-state index in [2.05, 4.69) is 44.8 Å². The van der Waals surface area contributed by atoms with Crippen molar-refractivity contribution in [3.63, 3.8) is 0 Å². The molecule has 1 unspecified atom stereocenters. The van der Waals surface area contributed by atoms with Crippen LogP contribution in [0.4, 0.5) is 0 Å². The molecule has 0 nitrogen and oxygen atoms in total. The Morgan fingerprint density at radius 2 is 1.67 bits per heavy atom. The summed E-state index contributed by atoms with van der Waals surface area (Å²) in [6, 6.07) is 0. The molecule has 15 heavy (non-hydrogen) atoms. The van der Waals surface area contributed by atoms with Gasteiger partial charge in [0.15, 0.2) is 0 Å². The van der Waals surface area contributed by atoms with Gasteiger partial charge < -0.3 is 0 Å². The van der Waals surface area contributed by atoms with Crippen molar-refractivity contribution in [3.8, 4) is 11.8 Å². The molecule has 86 valence electrons. The van der Waals surface area contributed by atoms with Crippen LogP contribution in [0.3, 0.4) is 0 Å². The molecule has 0 aromatic heterocycles. The van der Waals surface area contributed by atoms with E-state index in [-0.39, 0.29) is 0 Å². The van der Waals surface area contributed by atoms with Crippen molar-refractivity contribution >= 4 is 0 Å². The maximum Gasteiger partial charge on any atom is 0.0384 e. The van der Waals surface area contributed by atoms with Crippen molar-refractivity contribution in [2.45, 2.75) is 54.9 Å². The Hall–Kier alpha value is -0.960. The minimum Gasteiger partial charge on any atom is -0.0985 e. The first-order valence-electron chi connectivity index (χ1n) is 6.03. The summed E-state index contributed by atoms with van der Waals surface area (Å²) >= 11 is 0. The number of hydrogen-bond donors (Lipinski definition) is 0. The summed E-state index contributed by atoms with van der Waals surface area (Å²) in [5.41, 5.74) is 2.70. The monoisotopic (exact) mass is 206 g/mol. The summed E-state index contributed by atoms with van der Waals surface area (Å²) in [6.45, 7) is 14.4. The summed E-state index contributed by atoms with van der Waals surface area (Å²) in [5.74, 6) is 6.75. The van der Waals surface area contributed by atoms with Crippen molar-refractivity contribution in [2.24, 2.45) is 5.92 Å². The standard InChI is InChI=1S/C11H14.2C2H6/c1-9-6-4-5-7-10(2)11(3)8-9;2*1-2/h6,8,10H,4H2,1-3H3;2*1-2H3/b9-6-,11-8-;;. The van der Waals surface area contributed by atoms with Crippen LogP contribution in [0.25, 0.3) is 0 Å². The number of rotatable bonds is 0. The SMILES string of the molecule is CC.CC.CC1=C/CC#CC(C)/C(C)=C\1. The van der Waals surface area contributed by atoms with Gasteiger partial charge in [0.05, 0.1) is 0 Å². The van der Waals surface area contributed by atoms with Crippen molar-refractivity contribution < 1.29 is 0 Å². The van der Waals surface area contributed by atoms with Gasteiger partial charge in [-0.15, -0.1) is 0 Å². The van der Waals surface area contributed by atoms with Crippen LogP contribution in [0, 0.1) is 17.8 Å². The van der Waals surface area contributed by atoms with E-state index in [0.717, 1.165) is 6.42 Å². The molecule has 1 atom stereocenters. The quantitative estimate of drug-likeness (QED) is 0.491. The van der Waals surface area contributed by atoms with Crippen molar-refractivity contribution in [2.75, 3.05) is 0 Å². The van der Waals surface area contributed by atoms with Crippen LogP contribution >= 0.6 is 0 Å². The van der Waals surface area contributed by atoms with E-state index in [1.807, 2.05) is 27.7 Å². The zero-order valence-electron chi connectivity index (χ0n) is 11.4. The number of hydrogen-bond acceptors (Lipinski definition) is 0. The van der Waals surface area contributed by atoms with Crippen LogP contribution in [0.2, 0.25) is 0 Å². The predicted octanol–water partition coefficient (Wildman–Crippen LogP) is 4.97. The van der Waals surface area contributed by atoms with E-state index in [1.165, 1.54) is 11.1 Å². The lowest BCUT2D eigenvalue weighted by Crippen LogP contribution is -1.93. The fourth-order valence-electron chi connectivity index (χ4n) is 1.08. The van der Waals surface area contributed by atoms with Crippen molar-refractivity contribution in [1.29, 1.82) is 0 Å². The second-order valence-electron chi connectivity index (χ2n) is 3.08. The smallest absolute Gasteiger partial charge is 0.0384 e. The molecule has 0 aromatic carbocycles. The molecule has 1 rings (SSSR count). The van der Waals surface area contributed by atoms with Crippen molar-refractivity contribution in [3.05, 3.63) is 23.3 Å². The third kappa shape index (κ3) is 8.06. The highest BCUT2D eigenvalue weighted by Gasteiger charge is 2.00. The van der Waals surface area contributed by atoms with Gasteiger partial charge in [-0.05, 0) is 20.8 Å². The molecular weight excluding hydrogens is 180 g/mol. The van der Waals surface area contributed by atoms with Crippen molar-refractivity contribution in [1.82, 2.24) is 0 Å². The molecule has 1 aliphatic rings. The zero-order chi connectivity index (χ0) is 12.3. The first kappa shape index (κ1) is 16.5. The third-order valence-electron chi connectivity index (χ3n) is 1.98. The molecule has 0 radical (unpaired) electrons. The average Bonchev–Trinajstić information content (AvgIpc) is 2.28. The maximum absolute atomic E-state index is 3.19. The average molecular weight is 206 g/mol. The van der Waals surface area contributed by atoms with E-state index in [1.54, 1.807) is 0 Å². The van der Waals surface area contributed by atoms with Crippen LogP contribution in [-0.4, -0.2) is 0 Å². The highest BCUT2D eigenvalue weighted by atomic mass is 14.0. The Balaban J connectivity index is 0. The highest BCUT2D eigenvalue weighted by Crippen LogP contribution is 2.13. The lowest BCUT2D eigenvalue weighted by atomic mass is 9.99. The summed E-state index contributed by atoms with van der Waals surface area (Å²) in [4.78, 5) is 0. The molecule has 0 bridgehead atoms. The highest BCUT2D eigenvalue weighted by molar-refractivity contribution is 5.29. The first-order chi connectivity index (χ1) is 7.20. The van der Waals surface area contributed by atoms with Gasteiger partial charge in [-0.2, -0.15) is 0 Å². The third-order valence-corrected chi connectivity index (χ3v) is 1.98. The topological polar surface area (TPSA) is 0 Å². The van der Waals surface area contributed by atoms with Crippen LogP contribution in [-0.2, 0) is 0 Å². The Morgan fingerprint density at radius 3 is 2.20 bits per heavy atom. The second-order valence-corrected chi connectivity index (χ2v) is 3.08. The second kappa shape index (κ2) is 11.1. The predicted molar refractivity (Wildman–Crippen MR) is 71.8 cm³/mol. The van der Waals surface area contributed by atoms with Gasteiger partial charge in [0.25, 0.3) is 0 Å². The van der Waals surface area contributed by atoms with Crippen LogP contribution in [0.1, 0.15) is 54.9 Å². The minimum absolute atomic E-state index is 0.429. The first-order valence-corrected chi connectivity index (χ1v) is 6.03. The van der Waals surface area contributed by atoms with Gasteiger partial charge in [0.1, 0.15) is 0 Å². The van der Waals surface area contributed by atoms with E-state index >= 15 is 0 Å². The molecular formula is C15H26. The molecule has 0 aromatic rings. The molecule has 0 saturated carbocycles. The summed E-state index contributed by atoms with van der Waals surface area (Å²) in [5, 5.41) is 0. The lowest BCUT2D eigenvalue weighted by Gasteiger charge is -2.06. The molecule has 0 spiro atoms. The van der Waals surface area contributed by atoms with E-state index < -0.39 is 0 Å². The molecule has 0 N–H and O–H groups in total. The van der Waals surface area contributed by atoms with Gasteiger partial charge in [-0.1, -0.05) is 62.8 Å². The summed E-state index contributed by atoms with van der Waals surface area (Å²) in [6.07, 6.45) is 5.29. The minimum atomic E-state index is 0.429. The van der Waals surface area contributed by atoms with Crippen LogP contribution in [0.5, 0.6) is 0 Å². The zero-order valence-corrected chi connectivity index (χ0v) is 11.4. The largest absolute Gasteiger partial charge is 0.0985 e. The fraction of sp³-hybridized carbons (Fsp3) is 0.600. The van der Waals surface area contributed by atoms with E-state index in [9.17, 15) is 0 Å². The Bertz CT molecular complexity index is 255. The Kier molecular flexibility index (Phi) is 12.2. The summed E-state index contributed by atoms with van der Waals surface area (Å²) in [7, 11) is 0. The van der Waals surface area contributed by atoms with Gasteiger partial charge in [-0.25, -0.2) is 0 Å². The molecule has 0 saturated heterocycles. The van der Waals surface area contributed by atoms with Crippen LogP contribution in [0.15, 0.2) is 23.3 Å². The van der Waals surface area contributed by atoms with E-state index in [4.69, 9.17) is 0 Å². The molecule has 0 aliphatic heterocycles. The summed E-state index contributed by atoms with van der Waals surface area (Å²) < 4.78 is 0. The normalized spacial score (nSPS) is 25.1. The lowest BCUT2D eigenvalue weighted by molar-refractivity contribution is 0.890. The fourth-order valence-corrected chi connectivity index (χ4v) is 1.08. The van der Waals surface area contributed by atoms with Gasteiger partial charge >= 0.3 is 0 Å². The maximum atomic E-state index is 3.19. The molecule has 0 heteroatoms. The Labute approximate surface area is 96.5 Å². The van der Waals surface area contributed by atoms with Gasteiger partial charge in [0, 0.05) is 12.3 Å². The van der Waals surface area contributed by atoms with E-state index in [0.29, 0.717) is 5.92 Å². The van der Waals surface area contributed by atoms with Gasteiger partial charge in [-0.3, -0.25) is 0 Å². The molecule has 1 aliphatic carbocycles. The van der Waals surface area contributed by atoms with Crippen LogP contribution < -0.4 is 0 Å². The molecule has 0 amide bonds. The Morgan fingerprint density at radius 1 is 1.13 bits per heavy atom. The molecule has 0 heterocycles. The molecule has 0 fully saturated rings. The number of allylic oxidation sites excluding steroid dienone is 4.